The molecule has 9 heteroatoms. The Labute approximate surface area is 187 Å². The maximum Gasteiger partial charge on any atom is 0.488 e. The van der Waals surface area contributed by atoms with Gasteiger partial charge in [-0.15, -0.1) is 0 Å². The second-order valence-electron chi connectivity index (χ2n) is 7.80. The van der Waals surface area contributed by atoms with Gasteiger partial charge in [-0.1, -0.05) is 22.1 Å². The van der Waals surface area contributed by atoms with Crippen molar-refractivity contribution in [2.45, 2.75) is 6.92 Å². The molecule has 0 radical (unpaired) electrons. The molecule has 0 saturated heterocycles. The van der Waals surface area contributed by atoms with Crippen molar-refractivity contribution in [1.82, 2.24) is 9.55 Å². The minimum Gasteiger partial charge on any atom is -0.358 e. The van der Waals surface area contributed by atoms with Gasteiger partial charge in [0.15, 0.2) is 5.43 Å². The third-order valence-corrected chi connectivity index (χ3v) is 6.15. The number of nitrogens with one attached hydrogen (secondary N) is 1. The lowest BCUT2D eigenvalue weighted by molar-refractivity contribution is 0.440. The zero-order chi connectivity index (χ0) is 23.5. The second kappa shape index (κ2) is 7.18. The van der Waals surface area contributed by atoms with Crippen LogP contribution in [0.1, 0.15) is 11.1 Å². The van der Waals surface area contributed by atoms with Gasteiger partial charge in [0.1, 0.15) is 11.4 Å². The predicted octanol–water partition coefficient (Wildman–Crippen LogP) is 4.61. The Balaban J connectivity index is 1.79. The highest BCUT2D eigenvalue weighted by Gasteiger charge is 2.17. The monoisotopic (exact) mass is 461 g/mol. The Hall–Kier alpha value is -4.16. The maximum atomic E-state index is 13.5. The van der Waals surface area contributed by atoms with Gasteiger partial charge in [-0.05, 0) is 60.0 Å². The molecule has 0 saturated carbocycles. The second-order valence-corrected chi connectivity index (χ2v) is 8.75. The molecular weight excluding hydrogens is 445 g/mol. The zero-order valence-corrected chi connectivity index (χ0v) is 18.3. The van der Waals surface area contributed by atoms with Gasteiger partial charge in [0.25, 0.3) is 0 Å². The van der Waals surface area contributed by atoms with Crippen LogP contribution in [-0.4, -0.2) is 18.0 Å². The standard InChI is InChI=1S/C24H16FN3O4S/c1-13-8-19-21(11-18(13)15-4-3-5-16(10-15)32-33(25,30)31)28(2)24-22(23(19)29)17-7-6-14(12-26)9-20(17)27-24/h3-11,27H,1-2H3. The summed E-state index contributed by atoms with van der Waals surface area (Å²) in [7, 11) is -3.31. The first-order valence-electron chi connectivity index (χ1n) is 9.89. The van der Waals surface area contributed by atoms with Gasteiger partial charge in [0.05, 0.1) is 22.5 Å². The minimum atomic E-state index is -5.15. The average molecular weight is 461 g/mol. The number of rotatable bonds is 3. The van der Waals surface area contributed by atoms with E-state index in [9.17, 15) is 22.4 Å². The lowest BCUT2D eigenvalue weighted by Crippen LogP contribution is -2.09. The van der Waals surface area contributed by atoms with Gasteiger partial charge < -0.3 is 13.7 Å². The number of aromatic nitrogens is 2. The molecular formula is C24H16FN3O4S. The van der Waals surface area contributed by atoms with E-state index in [0.717, 1.165) is 16.5 Å². The van der Waals surface area contributed by atoms with Gasteiger partial charge in [0.2, 0.25) is 0 Å². The molecule has 5 aromatic rings. The number of fused-ring (bicyclic) bond motifs is 4. The Bertz CT molecular complexity index is 1830. The van der Waals surface area contributed by atoms with Crippen LogP contribution in [0.3, 0.4) is 0 Å². The van der Waals surface area contributed by atoms with E-state index in [4.69, 9.17) is 0 Å². The van der Waals surface area contributed by atoms with E-state index in [1.54, 1.807) is 36.4 Å². The van der Waals surface area contributed by atoms with Gasteiger partial charge >= 0.3 is 10.5 Å². The SMILES string of the molecule is Cc1cc2c(=O)c3c4ccc(C#N)cc4[nH]c3n(C)c2cc1-c1cccc(OS(=O)(=O)F)c1. The highest BCUT2D eigenvalue weighted by Crippen LogP contribution is 2.32. The van der Waals surface area contributed by atoms with Crippen LogP contribution in [0.4, 0.5) is 3.89 Å². The van der Waals surface area contributed by atoms with E-state index in [1.165, 1.54) is 12.1 Å². The summed E-state index contributed by atoms with van der Waals surface area (Å²) in [5.41, 5.74) is 4.46. The van der Waals surface area contributed by atoms with Crippen molar-refractivity contribution in [1.29, 1.82) is 5.26 Å². The third kappa shape index (κ3) is 3.41. The van der Waals surface area contributed by atoms with Crippen LogP contribution in [0.25, 0.3) is 44.0 Å². The molecule has 0 aliphatic heterocycles. The Kier molecular flexibility index (Phi) is 4.51. The fraction of sp³-hybridized carbons (Fsp3) is 0.0833. The summed E-state index contributed by atoms with van der Waals surface area (Å²) in [4.78, 5) is 16.7. The molecule has 164 valence electrons. The van der Waals surface area contributed by atoms with Crippen LogP contribution in [-0.2, 0) is 17.6 Å². The van der Waals surface area contributed by atoms with Crippen LogP contribution in [0.15, 0.2) is 59.4 Å². The number of hydrogen-bond acceptors (Lipinski definition) is 5. The number of aryl methyl sites for hydroxylation is 2. The summed E-state index contributed by atoms with van der Waals surface area (Å²) in [6.07, 6.45) is 0. The molecule has 2 heterocycles. The largest absolute Gasteiger partial charge is 0.488 e. The number of aromatic amines is 1. The quantitative estimate of drug-likeness (QED) is 0.395. The van der Waals surface area contributed by atoms with Crippen molar-refractivity contribution in [3.63, 3.8) is 0 Å². The predicted molar refractivity (Wildman–Crippen MR) is 124 cm³/mol. The van der Waals surface area contributed by atoms with Crippen molar-refractivity contribution in [2.75, 3.05) is 0 Å². The van der Waals surface area contributed by atoms with E-state index >= 15 is 0 Å². The molecule has 2 aromatic heterocycles. The first kappa shape index (κ1) is 20.7. The van der Waals surface area contributed by atoms with Crippen molar-refractivity contribution < 1.29 is 16.5 Å². The molecule has 0 aliphatic rings. The van der Waals surface area contributed by atoms with Gasteiger partial charge in [-0.25, -0.2) is 0 Å². The number of H-pyrrole nitrogens is 1. The Morgan fingerprint density at radius 1 is 1.09 bits per heavy atom. The number of benzene rings is 3. The summed E-state index contributed by atoms with van der Waals surface area (Å²) in [5, 5.41) is 11.0. The topological polar surface area (TPSA) is 105 Å². The minimum absolute atomic E-state index is 0.135. The molecule has 3 aromatic carbocycles. The first-order chi connectivity index (χ1) is 15.7. The molecule has 0 bridgehead atoms. The van der Waals surface area contributed by atoms with Crippen molar-refractivity contribution in [3.05, 3.63) is 75.9 Å². The average Bonchev–Trinajstić information content (AvgIpc) is 3.15. The van der Waals surface area contributed by atoms with Crippen molar-refractivity contribution in [2.24, 2.45) is 7.05 Å². The normalized spacial score (nSPS) is 11.8. The molecule has 0 amide bonds. The lowest BCUT2D eigenvalue weighted by Gasteiger charge is -2.13. The van der Waals surface area contributed by atoms with Crippen LogP contribution < -0.4 is 9.61 Å². The highest BCUT2D eigenvalue weighted by atomic mass is 32.3. The molecule has 0 unspecified atom stereocenters. The number of nitrogens with zero attached hydrogens (tertiary/aromatic N) is 2. The van der Waals surface area contributed by atoms with Crippen molar-refractivity contribution in [3.8, 4) is 22.9 Å². The summed E-state index contributed by atoms with van der Waals surface area (Å²) in [6.45, 7) is 1.84. The lowest BCUT2D eigenvalue weighted by atomic mass is 9.97. The van der Waals surface area contributed by atoms with Crippen LogP contribution in [0, 0.1) is 18.3 Å². The molecule has 0 fully saturated rings. The highest BCUT2D eigenvalue weighted by molar-refractivity contribution is 7.81. The summed E-state index contributed by atoms with van der Waals surface area (Å²) in [6, 6.07) is 17.0. The van der Waals surface area contributed by atoms with Gasteiger partial charge in [-0.2, -0.15) is 13.7 Å². The van der Waals surface area contributed by atoms with Gasteiger partial charge in [0, 0.05) is 23.3 Å². The summed E-state index contributed by atoms with van der Waals surface area (Å²) >= 11 is 0. The van der Waals surface area contributed by atoms with E-state index in [-0.39, 0.29) is 11.2 Å². The van der Waals surface area contributed by atoms with E-state index in [1.807, 2.05) is 24.6 Å². The molecule has 5 rings (SSSR count). The number of hydrogen-bond donors (Lipinski definition) is 1. The zero-order valence-electron chi connectivity index (χ0n) is 17.5. The Morgan fingerprint density at radius 3 is 2.61 bits per heavy atom. The molecule has 33 heavy (non-hydrogen) atoms. The van der Waals surface area contributed by atoms with Crippen LogP contribution >= 0.6 is 0 Å². The molecule has 0 aliphatic carbocycles. The number of halogens is 1. The number of nitriles is 1. The first-order valence-corrected chi connectivity index (χ1v) is 11.2. The van der Waals surface area contributed by atoms with Crippen molar-refractivity contribution >= 4 is 43.3 Å². The third-order valence-electron chi connectivity index (χ3n) is 5.76. The molecule has 1 N–H and O–H groups in total. The number of pyridine rings is 1. The summed E-state index contributed by atoms with van der Waals surface area (Å²) in [5.74, 6) is -0.150. The molecule has 0 spiro atoms. The maximum absolute atomic E-state index is 13.5. The van der Waals surface area contributed by atoms with Gasteiger partial charge in [-0.3, -0.25) is 4.79 Å². The fourth-order valence-corrected chi connectivity index (χ4v) is 4.62. The molecule has 7 nitrogen and oxygen atoms in total. The summed E-state index contributed by atoms with van der Waals surface area (Å²) < 4.78 is 40.9. The van der Waals surface area contributed by atoms with Crippen LogP contribution in [0.2, 0.25) is 0 Å². The fourth-order valence-electron chi connectivity index (χ4n) is 4.29. The van der Waals surface area contributed by atoms with Crippen LogP contribution in [0.5, 0.6) is 5.75 Å². The molecule has 0 atom stereocenters. The smallest absolute Gasteiger partial charge is 0.358 e. The van der Waals surface area contributed by atoms with E-state index in [0.29, 0.717) is 38.6 Å². The van der Waals surface area contributed by atoms with E-state index < -0.39 is 10.5 Å². The Morgan fingerprint density at radius 2 is 1.88 bits per heavy atom. The van der Waals surface area contributed by atoms with E-state index in [2.05, 4.69) is 15.2 Å².